The molecule has 2 rings (SSSR count). The zero-order chi connectivity index (χ0) is 20.0. The van der Waals surface area contributed by atoms with Gasteiger partial charge in [0.2, 0.25) is 15.9 Å². The van der Waals surface area contributed by atoms with Crippen LogP contribution in [0.3, 0.4) is 0 Å². The molecule has 1 amide bonds. The Morgan fingerprint density at radius 1 is 1.11 bits per heavy atom. The average molecular weight is 471 g/mol. The lowest BCUT2D eigenvalue weighted by molar-refractivity contribution is -0.113. The number of sulfonamides is 1. The summed E-state index contributed by atoms with van der Waals surface area (Å²) in [4.78, 5) is 13.5. The van der Waals surface area contributed by atoms with Gasteiger partial charge in [0.25, 0.3) is 0 Å². The van der Waals surface area contributed by atoms with E-state index in [1.165, 1.54) is 22.1 Å². The van der Waals surface area contributed by atoms with Crippen LogP contribution in [0.5, 0.6) is 0 Å². The highest BCUT2D eigenvalue weighted by atomic mass is 79.9. The molecule has 5 nitrogen and oxygen atoms in total. The molecule has 0 unspecified atom stereocenters. The van der Waals surface area contributed by atoms with E-state index in [-0.39, 0.29) is 16.6 Å². The van der Waals surface area contributed by atoms with Gasteiger partial charge in [-0.3, -0.25) is 4.79 Å². The van der Waals surface area contributed by atoms with Crippen molar-refractivity contribution in [3.63, 3.8) is 0 Å². The number of benzene rings is 2. The van der Waals surface area contributed by atoms with Crippen molar-refractivity contribution in [1.29, 1.82) is 0 Å². The van der Waals surface area contributed by atoms with E-state index in [9.17, 15) is 13.2 Å². The third kappa shape index (κ3) is 5.81. The summed E-state index contributed by atoms with van der Waals surface area (Å²) in [6, 6.07) is 12.5. The Labute approximate surface area is 173 Å². The van der Waals surface area contributed by atoms with Crippen molar-refractivity contribution >= 4 is 49.3 Å². The van der Waals surface area contributed by atoms with Gasteiger partial charge in [-0.05, 0) is 48.9 Å². The molecule has 146 valence electrons. The van der Waals surface area contributed by atoms with Gasteiger partial charge in [-0.2, -0.15) is 4.31 Å². The molecule has 27 heavy (non-hydrogen) atoms. The molecule has 8 heteroatoms. The number of carbonyl (C=O) groups is 1. The molecule has 0 heterocycles. The molecule has 2 aromatic carbocycles. The van der Waals surface area contributed by atoms with E-state index in [1.807, 2.05) is 31.2 Å². The minimum Gasteiger partial charge on any atom is -0.325 e. The fraction of sp³-hybridized carbons (Fsp3) is 0.316. The van der Waals surface area contributed by atoms with E-state index < -0.39 is 10.0 Å². The molecule has 2 aromatic rings. The van der Waals surface area contributed by atoms with Crippen LogP contribution in [0.4, 0.5) is 5.69 Å². The zero-order valence-electron chi connectivity index (χ0n) is 15.5. The van der Waals surface area contributed by atoms with Crippen molar-refractivity contribution in [2.45, 2.75) is 30.6 Å². The van der Waals surface area contributed by atoms with Gasteiger partial charge >= 0.3 is 0 Å². The number of amides is 1. The summed E-state index contributed by atoms with van der Waals surface area (Å²) >= 11 is 4.80. The molecule has 0 aliphatic heterocycles. The highest BCUT2D eigenvalue weighted by Crippen LogP contribution is 2.24. The fourth-order valence-electron chi connectivity index (χ4n) is 2.47. The SMILES string of the molecule is CCN(CC)S(=O)(=O)c1ccc(C)c(NC(=O)CSc2ccc(Br)cc2)c1. The Morgan fingerprint density at radius 3 is 2.33 bits per heavy atom. The van der Waals surface area contributed by atoms with Crippen LogP contribution in [0.15, 0.2) is 56.7 Å². The summed E-state index contributed by atoms with van der Waals surface area (Å²) in [6.45, 7) is 6.25. The second-order valence-electron chi connectivity index (χ2n) is 5.86. The number of hydrogen-bond donors (Lipinski definition) is 1. The Hall–Kier alpha value is -1.35. The van der Waals surface area contributed by atoms with E-state index in [2.05, 4.69) is 21.2 Å². The third-order valence-corrected chi connectivity index (χ3v) is 7.60. The van der Waals surface area contributed by atoms with E-state index >= 15 is 0 Å². The minimum absolute atomic E-state index is 0.177. The number of hydrogen-bond acceptors (Lipinski definition) is 4. The minimum atomic E-state index is -3.56. The average Bonchev–Trinajstić information content (AvgIpc) is 2.63. The summed E-state index contributed by atoms with van der Waals surface area (Å²) in [7, 11) is -3.56. The largest absolute Gasteiger partial charge is 0.325 e. The van der Waals surface area contributed by atoms with Crippen molar-refractivity contribution in [2.24, 2.45) is 0 Å². The van der Waals surface area contributed by atoms with Crippen LogP contribution in [-0.4, -0.2) is 37.5 Å². The summed E-state index contributed by atoms with van der Waals surface area (Å²) in [5.74, 6) is 0.0667. The van der Waals surface area contributed by atoms with E-state index in [1.54, 1.807) is 26.0 Å². The van der Waals surface area contributed by atoms with E-state index in [4.69, 9.17) is 0 Å². The Morgan fingerprint density at radius 2 is 1.74 bits per heavy atom. The first-order valence-corrected chi connectivity index (χ1v) is 11.8. The van der Waals surface area contributed by atoms with Gasteiger partial charge in [0, 0.05) is 28.1 Å². The lowest BCUT2D eigenvalue weighted by Crippen LogP contribution is -2.30. The second kappa shape index (κ2) is 9.73. The lowest BCUT2D eigenvalue weighted by Gasteiger charge is -2.19. The molecule has 0 radical (unpaired) electrons. The standard InChI is InChI=1S/C19H23BrN2O3S2/c1-4-22(5-2)27(24,25)17-11-6-14(3)18(12-17)21-19(23)13-26-16-9-7-15(20)8-10-16/h6-12H,4-5,13H2,1-3H3,(H,21,23). The van der Waals surface area contributed by atoms with E-state index in [0.717, 1.165) is 14.9 Å². The predicted molar refractivity (Wildman–Crippen MR) is 115 cm³/mol. The molecular weight excluding hydrogens is 448 g/mol. The van der Waals surface area contributed by atoms with Crippen molar-refractivity contribution in [3.05, 3.63) is 52.5 Å². The smallest absolute Gasteiger partial charge is 0.243 e. The molecule has 0 bridgehead atoms. The number of halogens is 1. The van der Waals surface area contributed by atoms with Gasteiger partial charge in [0.15, 0.2) is 0 Å². The fourth-order valence-corrected chi connectivity index (χ4v) is 4.92. The van der Waals surface area contributed by atoms with Crippen molar-refractivity contribution < 1.29 is 13.2 Å². The molecule has 0 fully saturated rings. The first-order chi connectivity index (χ1) is 12.8. The molecule has 0 aromatic heterocycles. The van der Waals surface area contributed by atoms with Gasteiger partial charge in [-0.25, -0.2) is 8.42 Å². The number of carbonyl (C=O) groups excluding carboxylic acids is 1. The number of aryl methyl sites for hydroxylation is 1. The highest BCUT2D eigenvalue weighted by Gasteiger charge is 2.22. The molecule has 0 spiro atoms. The van der Waals surface area contributed by atoms with Crippen LogP contribution in [0.1, 0.15) is 19.4 Å². The van der Waals surface area contributed by atoms with E-state index in [0.29, 0.717) is 18.8 Å². The Bertz CT molecular complexity index is 896. The molecule has 1 N–H and O–H groups in total. The number of rotatable bonds is 8. The van der Waals surface area contributed by atoms with Crippen LogP contribution >= 0.6 is 27.7 Å². The number of anilines is 1. The van der Waals surface area contributed by atoms with Crippen LogP contribution in [0.25, 0.3) is 0 Å². The third-order valence-electron chi connectivity index (χ3n) is 4.01. The normalized spacial score (nSPS) is 11.6. The Kier molecular flexibility index (Phi) is 7.91. The molecule has 0 aliphatic carbocycles. The maximum atomic E-state index is 12.7. The van der Waals surface area contributed by atoms with Gasteiger partial charge in [0.1, 0.15) is 0 Å². The quantitative estimate of drug-likeness (QED) is 0.575. The lowest BCUT2D eigenvalue weighted by atomic mass is 10.2. The Balaban J connectivity index is 2.11. The molecule has 0 saturated carbocycles. The first-order valence-electron chi connectivity index (χ1n) is 8.57. The summed E-state index contributed by atoms with van der Waals surface area (Å²) in [5.41, 5.74) is 1.33. The molecule has 0 saturated heterocycles. The van der Waals surface area contributed by atoms with Crippen LogP contribution in [0.2, 0.25) is 0 Å². The number of thioether (sulfide) groups is 1. The van der Waals surface area contributed by atoms with Gasteiger partial charge < -0.3 is 5.32 Å². The molecular formula is C19H23BrN2O3S2. The summed E-state index contributed by atoms with van der Waals surface area (Å²) < 4.78 is 27.8. The van der Waals surface area contributed by atoms with Gasteiger partial charge in [-0.15, -0.1) is 11.8 Å². The van der Waals surface area contributed by atoms with Gasteiger partial charge in [0.05, 0.1) is 10.6 Å². The summed E-state index contributed by atoms with van der Waals surface area (Å²) in [5, 5.41) is 2.83. The van der Waals surface area contributed by atoms with Crippen LogP contribution in [-0.2, 0) is 14.8 Å². The maximum absolute atomic E-state index is 12.7. The second-order valence-corrected chi connectivity index (χ2v) is 9.76. The summed E-state index contributed by atoms with van der Waals surface area (Å²) in [6.07, 6.45) is 0. The van der Waals surface area contributed by atoms with Gasteiger partial charge in [-0.1, -0.05) is 35.8 Å². The highest BCUT2D eigenvalue weighted by molar-refractivity contribution is 9.10. The van der Waals surface area contributed by atoms with Crippen molar-refractivity contribution in [2.75, 3.05) is 24.2 Å². The topological polar surface area (TPSA) is 66.5 Å². The number of nitrogens with zero attached hydrogens (tertiary/aromatic N) is 1. The van der Waals surface area contributed by atoms with Crippen molar-refractivity contribution in [1.82, 2.24) is 4.31 Å². The first kappa shape index (κ1) is 21.9. The number of nitrogens with one attached hydrogen (secondary N) is 1. The zero-order valence-corrected chi connectivity index (χ0v) is 18.7. The molecule has 0 atom stereocenters. The predicted octanol–water partition coefficient (Wildman–Crippen LogP) is 4.52. The maximum Gasteiger partial charge on any atom is 0.243 e. The molecule has 0 aliphatic rings. The van der Waals surface area contributed by atoms with Crippen LogP contribution < -0.4 is 5.32 Å². The van der Waals surface area contributed by atoms with Crippen molar-refractivity contribution in [3.8, 4) is 0 Å². The monoisotopic (exact) mass is 470 g/mol. The van der Waals surface area contributed by atoms with Crippen LogP contribution in [0, 0.1) is 6.92 Å².